The lowest BCUT2D eigenvalue weighted by Crippen LogP contribution is -2.38. The van der Waals surface area contributed by atoms with Gasteiger partial charge in [0, 0.05) is 13.1 Å². The average molecular weight is 483 g/mol. The number of carbonyl (C=O) groups excluding carboxylic acids is 2. The fourth-order valence-electron chi connectivity index (χ4n) is 4.42. The number of aliphatic hydroxyl groups is 1. The summed E-state index contributed by atoms with van der Waals surface area (Å²) in [6.07, 6.45) is 0. The highest BCUT2D eigenvalue weighted by atomic mass is 16.5. The van der Waals surface area contributed by atoms with E-state index < -0.39 is 17.7 Å². The molecule has 0 radical (unpaired) electrons. The standard InChI is InChI=1S/C27H34N2O6/c1-7-28(8-2)13-14-29-24(18-10-12-21(34-5)22(16-18)35-6)23(26(31)27(29)32)25(30)19-15-17(3)9-11-20(19)33-4/h9-12,15-16,24,30H,7-8,13-14H2,1-6H3/b25-23+. The first kappa shape index (κ1) is 26.1. The third kappa shape index (κ3) is 5.12. The van der Waals surface area contributed by atoms with E-state index in [0.717, 1.165) is 18.7 Å². The van der Waals surface area contributed by atoms with Gasteiger partial charge in [-0.1, -0.05) is 31.5 Å². The van der Waals surface area contributed by atoms with Crippen LogP contribution in [-0.2, 0) is 9.59 Å². The fraction of sp³-hybridized carbons (Fsp3) is 0.407. The van der Waals surface area contributed by atoms with Gasteiger partial charge in [0.15, 0.2) is 11.5 Å². The summed E-state index contributed by atoms with van der Waals surface area (Å²) in [4.78, 5) is 30.3. The topological polar surface area (TPSA) is 88.5 Å². The Morgan fingerprint density at radius 1 is 0.943 bits per heavy atom. The van der Waals surface area contributed by atoms with Crippen molar-refractivity contribution < 1.29 is 28.9 Å². The minimum absolute atomic E-state index is 0.0191. The maximum Gasteiger partial charge on any atom is 0.295 e. The smallest absolute Gasteiger partial charge is 0.295 e. The van der Waals surface area contributed by atoms with E-state index in [9.17, 15) is 14.7 Å². The number of likely N-dealkylation sites (N-methyl/N-ethyl adjacent to an activating group) is 1. The highest BCUT2D eigenvalue weighted by molar-refractivity contribution is 6.46. The van der Waals surface area contributed by atoms with Gasteiger partial charge in [-0.3, -0.25) is 9.59 Å². The highest BCUT2D eigenvalue weighted by Gasteiger charge is 2.46. The van der Waals surface area contributed by atoms with Crippen molar-refractivity contribution in [2.75, 3.05) is 47.5 Å². The van der Waals surface area contributed by atoms with Crippen LogP contribution in [0.3, 0.4) is 0 Å². The van der Waals surface area contributed by atoms with Crippen molar-refractivity contribution in [3.05, 3.63) is 58.7 Å². The molecule has 2 aromatic rings. The summed E-state index contributed by atoms with van der Waals surface area (Å²) in [5, 5.41) is 11.4. The van der Waals surface area contributed by atoms with Gasteiger partial charge in [-0.15, -0.1) is 0 Å². The van der Waals surface area contributed by atoms with Gasteiger partial charge in [-0.05, 0) is 49.8 Å². The van der Waals surface area contributed by atoms with E-state index in [0.29, 0.717) is 41.5 Å². The molecule has 1 unspecified atom stereocenters. The quantitative estimate of drug-likeness (QED) is 0.313. The summed E-state index contributed by atoms with van der Waals surface area (Å²) in [5.41, 5.74) is 1.89. The van der Waals surface area contributed by atoms with Crippen molar-refractivity contribution in [1.29, 1.82) is 0 Å². The SMILES string of the molecule is CCN(CC)CCN1C(=O)C(=O)/C(=C(/O)c2cc(C)ccc2OC)C1c1ccc(OC)c(OC)c1. The molecule has 0 aromatic heterocycles. The van der Waals surface area contributed by atoms with Gasteiger partial charge in [-0.25, -0.2) is 0 Å². The fourth-order valence-corrected chi connectivity index (χ4v) is 4.42. The third-order valence-electron chi connectivity index (χ3n) is 6.42. The van der Waals surface area contributed by atoms with Crippen LogP contribution >= 0.6 is 0 Å². The number of ether oxygens (including phenoxy) is 3. The van der Waals surface area contributed by atoms with E-state index in [1.165, 1.54) is 26.2 Å². The molecule has 0 aliphatic carbocycles. The largest absolute Gasteiger partial charge is 0.507 e. The van der Waals surface area contributed by atoms with Crippen LogP contribution in [0, 0.1) is 6.92 Å². The zero-order chi connectivity index (χ0) is 25.7. The van der Waals surface area contributed by atoms with Gasteiger partial charge in [0.25, 0.3) is 11.7 Å². The molecule has 0 saturated carbocycles. The van der Waals surface area contributed by atoms with Crippen LogP contribution in [0.25, 0.3) is 5.76 Å². The number of aliphatic hydroxyl groups excluding tert-OH is 1. The molecule has 0 bridgehead atoms. The molecule has 0 spiro atoms. The van der Waals surface area contributed by atoms with Crippen molar-refractivity contribution in [1.82, 2.24) is 9.80 Å². The molecule has 35 heavy (non-hydrogen) atoms. The molecule has 1 saturated heterocycles. The summed E-state index contributed by atoms with van der Waals surface area (Å²) in [6, 6.07) is 9.77. The number of Topliss-reactive ketones (excluding diaryl/α,β-unsaturated/α-hetero) is 1. The van der Waals surface area contributed by atoms with E-state index in [1.54, 1.807) is 30.3 Å². The van der Waals surface area contributed by atoms with Crippen LogP contribution in [0.15, 0.2) is 42.0 Å². The predicted octanol–water partition coefficient (Wildman–Crippen LogP) is 3.78. The Bertz CT molecular complexity index is 1120. The van der Waals surface area contributed by atoms with Crippen LogP contribution in [0.2, 0.25) is 0 Å². The van der Waals surface area contributed by atoms with E-state index in [1.807, 2.05) is 26.8 Å². The molecule has 1 atom stereocenters. The number of amides is 1. The molecule has 1 fully saturated rings. The van der Waals surface area contributed by atoms with Crippen LogP contribution < -0.4 is 14.2 Å². The monoisotopic (exact) mass is 482 g/mol. The third-order valence-corrected chi connectivity index (χ3v) is 6.42. The summed E-state index contributed by atoms with van der Waals surface area (Å²) in [5.74, 6) is -0.248. The van der Waals surface area contributed by atoms with Crippen molar-refractivity contribution in [2.45, 2.75) is 26.8 Å². The number of likely N-dealkylation sites (tertiary alicyclic amines) is 1. The van der Waals surface area contributed by atoms with Crippen LogP contribution in [0.1, 0.15) is 36.6 Å². The molecule has 8 heteroatoms. The van der Waals surface area contributed by atoms with Crippen molar-refractivity contribution in [2.24, 2.45) is 0 Å². The second-order valence-electron chi connectivity index (χ2n) is 8.34. The molecule has 188 valence electrons. The number of aryl methyl sites for hydroxylation is 1. The van der Waals surface area contributed by atoms with Gasteiger partial charge in [0.05, 0.1) is 38.5 Å². The molecule has 3 rings (SSSR count). The normalized spacial score (nSPS) is 17.2. The summed E-state index contributed by atoms with van der Waals surface area (Å²) >= 11 is 0. The molecule has 1 heterocycles. The van der Waals surface area contributed by atoms with Gasteiger partial charge in [0.1, 0.15) is 11.5 Å². The Morgan fingerprint density at radius 3 is 2.17 bits per heavy atom. The Balaban J connectivity index is 2.21. The number of benzene rings is 2. The van der Waals surface area contributed by atoms with Crippen LogP contribution in [0.5, 0.6) is 17.2 Å². The molecule has 8 nitrogen and oxygen atoms in total. The number of methoxy groups -OCH3 is 3. The Labute approximate surface area is 206 Å². The van der Waals surface area contributed by atoms with E-state index in [4.69, 9.17) is 14.2 Å². The number of carbonyl (C=O) groups is 2. The first-order valence-electron chi connectivity index (χ1n) is 11.7. The zero-order valence-corrected chi connectivity index (χ0v) is 21.3. The molecular formula is C27H34N2O6. The summed E-state index contributed by atoms with van der Waals surface area (Å²) in [6.45, 7) is 8.54. The number of ketones is 1. The van der Waals surface area contributed by atoms with Gasteiger partial charge < -0.3 is 29.1 Å². The lowest BCUT2D eigenvalue weighted by atomic mass is 9.94. The number of nitrogens with zero attached hydrogens (tertiary/aromatic N) is 2. The molecule has 1 aliphatic heterocycles. The van der Waals surface area contributed by atoms with Crippen molar-refractivity contribution in [3.63, 3.8) is 0 Å². The van der Waals surface area contributed by atoms with Crippen LogP contribution in [-0.4, -0.2) is 74.1 Å². The number of hydrogen-bond donors (Lipinski definition) is 1. The van der Waals surface area contributed by atoms with Crippen LogP contribution in [0.4, 0.5) is 0 Å². The molecule has 1 N–H and O–H groups in total. The van der Waals surface area contributed by atoms with E-state index in [-0.39, 0.29) is 11.3 Å². The Hall–Kier alpha value is -3.52. The maximum atomic E-state index is 13.3. The maximum absolute atomic E-state index is 13.3. The minimum Gasteiger partial charge on any atom is -0.507 e. The highest BCUT2D eigenvalue weighted by Crippen LogP contribution is 2.43. The summed E-state index contributed by atoms with van der Waals surface area (Å²) in [7, 11) is 4.56. The van der Waals surface area contributed by atoms with Gasteiger partial charge in [0.2, 0.25) is 0 Å². The molecule has 2 aromatic carbocycles. The molecular weight excluding hydrogens is 448 g/mol. The zero-order valence-electron chi connectivity index (χ0n) is 21.3. The molecule has 1 aliphatic rings. The minimum atomic E-state index is -0.796. The molecule has 1 amide bonds. The van der Waals surface area contributed by atoms with Crippen molar-refractivity contribution >= 4 is 17.4 Å². The number of hydrogen-bond acceptors (Lipinski definition) is 7. The van der Waals surface area contributed by atoms with Gasteiger partial charge in [-0.2, -0.15) is 0 Å². The van der Waals surface area contributed by atoms with Crippen molar-refractivity contribution in [3.8, 4) is 17.2 Å². The second kappa shape index (κ2) is 11.3. The average Bonchev–Trinajstić information content (AvgIpc) is 3.13. The predicted molar refractivity (Wildman–Crippen MR) is 134 cm³/mol. The first-order valence-corrected chi connectivity index (χ1v) is 11.7. The summed E-state index contributed by atoms with van der Waals surface area (Å²) < 4.78 is 16.3. The number of rotatable bonds is 10. The van der Waals surface area contributed by atoms with Gasteiger partial charge >= 0.3 is 0 Å². The second-order valence-corrected chi connectivity index (χ2v) is 8.34. The lowest BCUT2D eigenvalue weighted by Gasteiger charge is -2.28. The first-order chi connectivity index (χ1) is 16.8. The Kier molecular flexibility index (Phi) is 8.40. The lowest BCUT2D eigenvalue weighted by molar-refractivity contribution is -0.140. The Morgan fingerprint density at radius 2 is 1.57 bits per heavy atom. The van der Waals surface area contributed by atoms with E-state index in [2.05, 4.69) is 4.90 Å². The van der Waals surface area contributed by atoms with E-state index >= 15 is 0 Å².